The highest BCUT2D eigenvalue weighted by molar-refractivity contribution is 5.85. The number of nitrogens with zero attached hydrogens (tertiary/aromatic N) is 2. The van der Waals surface area contributed by atoms with E-state index in [1.807, 2.05) is 45.0 Å². The van der Waals surface area contributed by atoms with E-state index in [0.717, 1.165) is 12.0 Å². The van der Waals surface area contributed by atoms with Crippen molar-refractivity contribution < 1.29 is 23.5 Å². The third kappa shape index (κ3) is 5.31. The molecule has 3 rings (SSSR count). The van der Waals surface area contributed by atoms with Crippen LogP contribution in [0.2, 0.25) is 0 Å². The van der Waals surface area contributed by atoms with Gasteiger partial charge in [-0.3, -0.25) is 9.59 Å². The molecule has 0 unspecified atom stereocenters. The van der Waals surface area contributed by atoms with Crippen LogP contribution < -0.4 is 9.47 Å². The van der Waals surface area contributed by atoms with E-state index in [0.29, 0.717) is 36.8 Å². The summed E-state index contributed by atoms with van der Waals surface area (Å²) in [6.07, 6.45) is 2.78. The minimum Gasteiger partial charge on any atom is -0.467 e. The van der Waals surface area contributed by atoms with E-state index in [1.54, 1.807) is 22.1 Å². The largest absolute Gasteiger partial charge is 0.467 e. The van der Waals surface area contributed by atoms with Crippen molar-refractivity contribution >= 4 is 11.8 Å². The van der Waals surface area contributed by atoms with Crippen LogP contribution in [0.25, 0.3) is 0 Å². The van der Waals surface area contributed by atoms with Gasteiger partial charge < -0.3 is 23.7 Å². The molecule has 156 valence electrons. The van der Waals surface area contributed by atoms with Gasteiger partial charge in [-0.15, -0.1) is 0 Å². The molecule has 0 N–H and O–H groups in total. The second-order valence-electron chi connectivity index (χ2n) is 7.38. The zero-order chi connectivity index (χ0) is 20.8. The number of fused-ring (bicyclic) bond motifs is 1. The highest BCUT2D eigenvalue weighted by Crippen LogP contribution is 2.33. The predicted octanol–water partition coefficient (Wildman–Crippen LogP) is 3.57. The first-order valence-corrected chi connectivity index (χ1v) is 9.96. The normalized spacial score (nSPS) is 12.3. The highest BCUT2D eigenvalue weighted by atomic mass is 16.7. The molecule has 0 radical (unpaired) electrons. The minimum absolute atomic E-state index is 0.00289. The van der Waals surface area contributed by atoms with Crippen molar-refractivity contribution in [2.24, 2.45) is 0 Å². The Balaban J connectivity index is 1.76. The van der Waals surface area contributed by atoms with Gasteiger partial charge >= 0.3 is 0 Å². The standard InChI is InChI=1S/C22H28N2O5/c1-4-6-21(25)24(16(2)3)14-22(26)23(13-18-7-5-10-27-18)12-17-8-9-19-20(11-17)29-15-28-19/h5,7-11,16H,4,6,12-15H2,1-3H3. The molecule has 0 saturated carbocycles. The predicted molar refractivity (Wildman–Crippen MR) is 107 cm³/mol. The van der Waals surface area contributed by atoms with Gasteiger partial charge in [0.25, 0.3) is 0 Å². The van der Waals surface area contributed by atoms with Crippen LogP contribution in [0.15, 0.2) is 41.0 Å². The lowest BCUT2D eigenvalue weighted by atomic mass is 10.1. The maximum absolute atomic E-state index is 13.2. The molecule has 7 nitrogen and oxygen atoms in total. The lowest BCUT2D eigenvalue weighted by molar-refractivity contribution is -0.142. The van der Waals surface area contributed by atoms with Crippen molar-refractivity contribution in [2.45, 2.75) is 52.7 Å². The van der Waals surface area contributed by atoms with Gasteiger partial charge in [0, 0.05) is 19.0 Å². The van der Waals surface area contributed by atoms with Crippen molar-refractivity contribution in [3.8, 4) is 11.5 Å². The van der Waals surface area contributed by atoms with E-state index in [-0.39, 0.29) is 31.2 Å². The number of amides is 2. The first kappa shape index (κ1) is 20.8. The molecule has 0 bridgehead atoms. The Morgan fingerprint density at radius 1 is 1.07 bits per heavy atom. The van der Waals surface area contributed by atoms with E-state index >= 15 is 0 Å². The van der Waals surface area contributed by atoms with Gasteiger partial charge in [0.05, 0.1) is 19.4 Å². The van der Waals surface area contributed by atoms with Gasteiger partial charge in [0.2, 0.25) is 18.6 Å². The molecule has 1 aliphatic heterocycles. The molecule has 2 heterocycles. The number of carbonyl (C=O) groups excluding carboxylic acids is 2. The Bertz CT molecular complexity index is 832. The highest BCUT2D eigenvalue weighted by Gasteiger charge is 2.24. The molecule has 1 aliphatic rings. The number of hydrogen-bond acceptors (Lipinski definition) is 5. The Labute approximate surface area is 171 Å². The maximum Gasteiger partial charge on any atom is 0.242 e. The zero-order valence-corrected chi connectivity index (χ0v) is 17.2. The average Bonchev–Trinajstić information content (AvgIpc) is 3.36. The lowest BCUT2D eigenvalue weighted by Gasteiger charge is -2.30. The Kier molecular flexibility index (Phi) is 6.80. The molecule has 1 aromatic heterocycles. The lowest BCUT2D eigenvalue weighted by Crippen LogP contribution is -2.45. The van der Waals surface area contributed by atoms with Crippen LogP contribution in [0.3, 0.4) is 0 Å². The van der Waals surface area contributed by atoms with Gasteiger partial charge in [-0.05, 0) is 50.1 Å². The molecule has 0 spiro atoms. The number of rotatable bonds is 9. The quantitative estimate of drug-likeness (QED) is 0.643. The van der Waals surface area contributed by atoms with Gasteiger partial charge in [-0.1, -0.05) is 13.0 Å². The van der Waals surface area contributed by atoms with Crippen LogP contribution in [-0.4, -0.2) is 41.0 Å². The summed E-state index contributed by atoms with van der Waals surface area (Å²) in [6.45, 7) is 6.77. The minimum atomic E-state index is -0.128. The first-order valence-electron chi connectivity index (χ1n) is 9.96. The van der Waals surface area contributed by atoms with E-state index in [2.05, 4.69) is 0 Å². The summed E-state index contributed by atoms with van der Waals surface area (Å²) in [6, 6.07) is 9.23. The fourth-order valence-corrected chi connectivity index (χ4v) is 3.24. The van der Waals surface area contributed by atoms with E-state index in [4.69, 9.17) is 13.9 Å². The molecular weight excluding hydrogens is 372 g/mol. The van der Waals surface area contributed by atoms with Crippen LogP contribution in [0, 0.1) is 0 Å². The Morgan fingerprint density at radius 2 is 1.86 bits per heavy atom. The topological polar surface area (TPSA) is 72.2 Å². The SMILES string of the molecule is CCCC(=O)N(CC(=O)N(Cc1ccc2c(c1)OCO2)Cc1ccco1)C(C)C. The molecule has 0 saturated heterocycles. The van der Waals surface area contributed by atoms with Crippen LogP contribution in [0.4, 0.5) is 0 Å². The van der Waals surface area contributed by atoms with Crippen molar-refractivity contribution in [2.75, 3.05) is 13.3 Å². The molecule has 0 aliphatic carbocycles. The molecular formula is C22H28N2O5. The van der Waals surface area contributed by atoms with E-state index < -0.39 is 0 Å². The van der Waals surface area contributed by atoms with Crippen LogP contribution in [0.5, 0.6) is 11.5 Å². The number of ether oxygens (including phenoxy) is 2. The zero-order valence-electron chi connectivity index (χ0n) is 17.2. The van der Waals surface area contributed by atoms with E-state index in [1.165, 1.54) is 0 Å². The van der Waals surface area contributed by atoms with Crippen LogP contribution >= 0.6 is 0 Å². The van der Waals surface area contributed by atoms with Gasteiger partial charge in [-0.25, -0.2) is 0 Å². The second kappa shape index (κ2) is 9.49. The van der Waals surface area contributed by atoms with Crippen LogP contribution in [-0.2, 0) is 22.7 Å². The average molecular weight is 400 g/mol. The fraction of sp³-hybridized carbons (Fsp3) is 0.455. The Hall–Kier alpha value is -2.96. The summed E-state index contributed by atoms with van der Waals surface area (Å²) in [5, 5.41) is 0. The molecule has 1 aromatic carbocycles. The third-order valence-electron chi connectivity index (χ3n) is 4.80. The smallest absolute Gasteiger partial charge is 0.242 e. The Morgan fingerprint density at radius 3 is 2.55 bits per heavy atom. The summed E-state index contributed by atoms with van der Waals surface area (Å²) >= 11 is 0. The molecule has 7 heteroatoms. The number of benzene rings is 1. The fourth-order valence-electron chi connectivity index (χ4n) is 3.24. The summed E-state index contributed by atoms with van der Waals surface area (Å²) in [5.41, 5.74) is 0.921. The van der Waals surface area contributed by atoms with Gasteiger partial charge in [-0.2, -0.15) is 0 Å². The summed E-state index contributed by atoms with van der Waals surface area (Å²) < 4.78 is 16.2. The summed E-state index contributed by atoms with van der Waals surface area (Å²) in [7, 11) is 0. The second-order valence-corrected chi connectivity index (χ2v) is 7.38. The summed E-state index contributed by atoms with van der Waals surface area (Å²) in [4.78, 5) is 29.0. The molecule has 0 fully saturated rings. The maximum atomic E-state index is 13.2. The molecule has 29 heavy (non-hydrogen) atoms. The van der Waals surface area contributed by atoms with Crippen molar-refractivity contribution in [1.29, 1.82) is 0 Å². The third-order valence-corrected chi connectivity index (χ3v) is 4.80. The van der Waals surface area contributed by atoms with Crippen molar-refractivity contribution in [3.63, 3.8) is 0 Å². The summed E-state index contributed by atoms with van der Waals surface area (Å²) in [5.74, 6) is 1.94. The van der Waals surface area contributed by atoms with Crippen LogP contribution in [0.1, 0.15) is 44.9 Å². The number of hydrogen-bond donors (Lipinski definition) is 0. The monoisotopic (exact) mass is 400 g/mol. The molecule has 0 atom stereocenters. The molecule has 2 amide bonds. The van der Waals surface area contributed by atoms with E-state index in [9.17, 15) is 9.59 Å². The van der Waals surface area contributed by atoms with Gasteiger partial charge in [0.15, 0.2) is 11.5 Å². The number of carbonyl (C=O) groups is 2. The van der Waals surface area contributed by atoms with Crippen molar-refractivity contribution in [3.05, 3.63) is 47.9 Å². The van der Waals surface area contributed by atoms with Gasteiger partial charge in [0.1, 0.15) is 5.76 Å². The molecule has 2 aromatic rings. The first-order chi connectivity index (χ1) is 14.0. The van der Waals surface area contributed by atoms with Crippen molar-refractivity contribution in [1.82, 2.24) is 9.80 Å². The number of furan rings is 1.